The van der Waals surface area contributed by atoms with Crippen LogP contribution in [0, 0.1) is 11.6 Å². The first kappa shape index (κ1) is 18.3. The van der Waals surface area contributed by atoms with Gasteiger partial charge in [-0.05, 0) is 36.8 Å². The summed E-state index contributed by atoms with van der Waals surface area (Å²) < 4.78 is 36.8. The molecule has 1 aliphatic rings. The Balaban J connectivity index is 2.40. The third kappa shape index (κ3) is 3.70. The number of benzene rings is 1. The van der Waals surface area contributed by atoms with Gasteiger partial charge in [-0.15, -0.1) is 0 Å². The van der Waals surface area contributed by atoms with Crippen LogP contribution in [0.15, 0.2) is 29.5 Å². The van der Waals surface area contributed by atoms with Gasteiger partial charge in [0.2, 0.25) is 0 Å². The van der Waals surface area contributed by atoms with Crippen molar-refractivity contribution in [1.29, 1.82) is 0 Å². The number of halogens is 2. The molecular formula is C16H18F2N2O3S. The average molecular weight is 356 g/mol. The minimum absolute atomic E-state index is 0.0881. The lowest BCUT2D eigenvalue weighted by atomic mass is 9.95. The Hall–Kier alpha value is -2.06. The standard InChI is InChI=1S/C16H18F2N2O3S/c1-9-13(15(21)23-7-6-22-3)14(19-16(24)20(9)2)10-4-5-11(17)12(18)8-10/h4-5,8,14H,6-7H2,1-3H3,(H,19,24)/t14-/m0/s1. The molecule has 1 aromatic carbocycles. The zero-order valence-corrected chi connectivity index (χ0v) is 14.4. The smallest absolute Gasteiger partial charge is 0.338 e. The van der Waals surface area contributed by atoms with Crippen molar-refractivity contribution in [2.45, 2.75) is 13.0 Å². The molecule has 24 heavy (non-hydrogen) atoms. The number of nitrogens with zero attached hydrogens (tertiary/aromatic N) is 1. The number of esters is 1. The summed E-state index contributed by atoms with van der Waals surface area (Å²) in [6.07, 6.45) is 0. The first-order valence-corrected chi connectivity index (χ1v) is 7.63. The quantitative estimate of drug-likeness (QED) is 0.496. The van der Waals surface area contributed by atoms with Gasteiger partial charge in [0.15, 0.2) is 16.7 Å². The number of thiocarbonyl (C=S) groups is 1. The van der Waals surface area contributed by atoms with Gasteiger partial charge in [0.1, 0.15) is 6.61 Å². The van der Waals surface area contributed by atoms with Crippen LogP contribution >= 0.6 is 12.2 Å². The number of hydrogen-bond acceptors (Lipinski definition) is 4. The minimum Gasteiger partial charge on any atom is -0.460 e. The van der Waals surface area contributed by atoms with E-state index in [0.29, 0.717) is 16.4 Å². The number of allylic oxidation sites excluding steroid dienone is 1. The second-order valence-electron chi connectivity index (χ2n) is 5.24. The molecule has 0 bridgehead atoms. The molecule has 0 saturated heterocycles. The maximum absolute atomic E-state index is 13.6. The monoisotopic (exact) mass is 356 g/mol. The van der Waals surface area contributed by atoms with Gasteiger partial charge in [-0.3, -0.25) is 0 Å². The maximum atomic E-state index is 13.6. The Kier molecular flexibility index (Phi) is 5.84. The van der Waals surface area contributed by atoms with Crippen LogP contribution in [-0.2, 0) is 14.3 Å². The van der Waals surface area contributed by atoms with Crippen LogP contribution in [0.2, 0.25) is 0 Å². The van der Waals surface area contributed by atoms with Crippen LogP contribution in [0.5, 0.6) is 0 Å². The normalized spacial score (nSPS) is 17.8. The van der Waals surface area contributed by atoms with E-state index in [1.807, 2.05) is 0 Å². The third-order valence-electron chi connectivity index (χ3n) is 3.77. The predicted octanol–water partition coefficient (Wildman–Crippen LogP) is 2.29. The van der Waals surface area contributed by atoms with Crippen LogP contribution in [0.25, 0.3) is 0 Å². The summed E-state index contributed by atoms with van der Waals surface area (Å²) >= 11 is 5.23. The Bertz CT molecular complexity index is 694. The van der Waals surface area contributed by atoms with E-state index in [9.17, 15) is 13.6 Å². The van der Waals surface area contributed by atoms with Crippen molar-refractivity contribution in [2.75, 3.05) is 27.4 Å². The molecule has 0 amide bonds. The van der Waals surface area contributed by atoms with Crippen molar-refractivity contribution in [2.24, 2.45) is 0 Å². The number of methoxy groups -OCH3 is 1. The fourth-order valence-electron chi connectivity index (χ4n) is 2.34. The maximum Gasteiger partial charge on any atom is 0.338 e. The van der Waals surface area contributed by atoms with E-state index in [4.69, 9.17) is 21.7 Å². The number of carbonyl (C=O) groups is 1. The van der Waals surface area contributed by atoms with E-state index >= 15 is 0 Å². The lowest BCUT2D eigenvalue weighted by Gasteiger charge is -2.35. The Morgan fingerprint density at radius 1 is 1.33 bits per heavy atom. The lowest BCUT2D eigenvalue weighted by Crippen LogP contribution is -2.46. The second kappa shape index (κ2) is 7.67. The first-order chi connectivity index (χ1) is 11.4. The minimum atomic E-state index is -0.996. The third-order valence-corrected chi connectivity index (χ3v) is 4.16. The molecule has 0 aromatic heterocycles. The first-order valence-electron chi connectivity index (χ1n) is 7.22. The molecule has 0 fully saturated rings. The van der Waals surface area contributed by atoms with Crippen LogP contribution in [0.3, 0.4) is 0 Å². The van der Waals surface area contributed by atoms with Crippen molar-refractivity contribution in [3.63, 3.8) is 0 Å². The number of carbonyl (C=O) groups excluding carboxylic acids is 1. The topological polar surface area (TPSA) is 50.8 Å². The Morgan fingerprint density at radius 2 is 2.04 bits per heavy atom. The van der Waals surface area contributed by atoms with Crippen LogP contribution in [0.1, 0.15) is 18.5 Å². The van der Waals surface area contributed by atoms with Gasteiger partial charge in [-0.1, -0.05) is 6.07 Å². The summed E-state index contributed by atoms with van der Waals surface area (Å²) in [5.41, 5.74) is 1.24. The molecule has 0 spiro atoms. The molecule has 0 aliphatic carbocycles. The van der Waals surface area contributed by atoms with E-state index in [1.165, 1.54) is 13.2 Å². The van der Waals surface area contributed by atoms with E-state index in [-0.39, 0.29) is 18.8 Å². The van der Waals surface area contributed by atoms with Crippen molar-refractivity contribution < 1.29 is 23.0 Å². The molecule has 5 nitrogen and oxygen atoms in total. The molecule has 1 heterocycles. The zero-order valence-electron chi connectivity index (χ0n) is 13.6. The van der Waals surface area contributed by atoms with Gasteiger partial charge in [0, 0.05) is 19.9 Å². The zero-order chi connectivity index (χ0) is 17.9. The Labute approximate surface area is 144 Å². The highest BCUT2D eigenvalue weighted by molar-refractivity contribution is 7.80. The largest absolute Gasteiger partial charge is 0.460 e. The predicted molar refractivity (Wildman–Crippen MR) is 88.1 cm³/mol. The molecule has 8 heteroatoms. The molecule has 1 aliphatic heterocycles. The van der Waals surface area contributed by atoms with Crippen LogP contribution < -0.4 is 5.32 Å². The highest BCUT2D eigenvalue weighted by atomic mass is 32.1. The van der Waals surface area contributed by atoms with Crippen molar-refractivity contribution in [3.8, 4) is 0 Å². The van der Waals surface area contributed by atoms with Crippen LogP contribution in [-0.4, -0.2) is 43.4 Å². The molecule has 1 atom stereocenters. The molecule has 1 N–H and O–H groups in total. The second-order valence-corrected chi connectivity index (χ2v) is 5.63. The van der Waals surface area contributed by atoms with E-state index < -0.39 is 23.6 Å². The number of rotatable bonds is 5. The summed E-state index contributed by atoms with van der Waals surface area (Å²) in [5.74, 6) is -2.52. The fraction of sp³-hybridized carbons (Fsp3) is 0.375. The molecule has 2 rings (SSSR count). The summed E-state index contributed by atoms with van der Waals surface area (Å²) in [5, 5.41) is 3.33. The molecule has 1 aromatic rings. The molecular weight excluding hydrogens is 338 g/mol. The number of hydrogen-bond donors (Lipinski definition) is 1. The van der Waals surface area contributed by atoms with Crippen molar-refractivity contribution in [3.05, 3.63) is 46.7 Å². The number of ether oxygens (including phenoxy) is 2. The number of nitrogens with one attached hydrogen (secondary N) is 1. The molecule has 130 valence electrons. The van der Waals surface area contributed by atoms with Crippen molar-refractivity contribution in [1.82, 2.24) is 10.2 Å². The van der Waals surface area contributed by atoms with E-state index in [0.717, 1.165) is 12.1 Å². The summed E-state index contributed by atoms with van der Waals surface area (Å²) in [4.78, 5) is 14.1. The fourth-order valence-corrected chi connectivity index (χ4v) is 2.59. The molecule has 0 unspecified atom stereocenters. The summed E-state index contributed by atoms with van der Waals surface area (Å²) in [7, 11) is 3.20. The van der Waals surface area contributed by atoms with Gasteiger partial charge in [0.25, 0.3) is 0 Å². The average Bonchev–Trinajstić information content (AvgIpc) is 2.55. The van der Waals surface area contributed by atoms with Crippen LogP contribution in [0.4, 0.5) is 8.78 Å². The van der Waals surface area contributed by atoms with Gasteiger partial charge >= 0.3 is 5.97 Å². The van der Waals surface area contributed by atoms with E-state index in [1.54, 1.807) is 18.9 Å². The molecule has 0 saturated carbocycles. The van der Waals surface area contributed by atoms with Crippen molar-refractivity contribution >= 4 is 23.3 Å². The van der Waals surface area contributed by atoms with Gasteiger partial charge in [-0.2, -0.15) is 0 Å². The van der Waals surface area contributed by atoms with E-state index in [2.05, 4.69) is 5.32 Å². The molecule has 0 radical (unpaired) electrons. The Morgan fingerprint density at radius 3 is 2.67 bits per heavy atom. The van der Waals surface area contributed by atoms with Gasteiger partial charge < -0.3 is 19.7 Å². The van der Waals surface area contributed by atoms with Gasteiger partial charge in [-0.25, -0.2) is 13.6 Å². The van der Waals surface area contributed by atoms with Gasteiger partial charge in [0.05, 0.1) is 18.2 Å². The SMILES string of the molecule is COCCOC(=O)C1=C(C)N(C)C(=S)N[C@H]1c1ccc(F)c(F)c1. The lowest BCUT2D eigenvalue weighted by molar-refractivity contribution is -0.140. The summed E-state index contributed by atoms with van der Waals surface area (Å²) in [6, 6.07) is 2.73. The summed E-state index contributed by atoms with van der Waals surface area (Å²) in [6.45, 7) is 2.06. The highest BCUT2D eigenvalue weighted by Gasteiger charge is 2.33. The highest BCUT2D eigenvalue weighted by Crippen LogP contribution is 2.31.